The number of rotatable bonds is 2. The van der Waals surface area contributed by atoms with Crippen LogP contribution in [0.1, 0.15) is 23.2 Å². The van der Waals surface area contributed by atoms with E-state index in [0.29, 0.717) is 25.1 Å². The van der Waals surface area contributed by atoms with Gasteiger partial charge in [0.05, 0.1) is 5.54 Å². The van der Waals surface area contributed by atoms with Crippen molar-refractivity contribution in [3.8, 4) is 11.1 Å². The molecule has 2 aliphatic rings. The third-order valence-corrected chi connectivity index (χ3v) is 4.75. The highest BCUT2D eigenvalue weighted by atomic mass is 16.2. The van der Waals surface area contributed by atoms with Crippen molar-refractivity contribution in [2.75, 3.05) is 13.1 Å². The maximum atomic E-state index is 12.5. The zero-order valence-corrected chi connectivity index (χ0v) is 12.8. The van der Waals surface area contributed by atoms with Crippen LogP contribution in [-0.4, -0.2) is 35.3 Å². The van der Waals surface area contributed by atoms with Crippen LogP contribution in [0.25, 0.3) is 11.1 Å². The Morgan fingerprint density at radius 1 is 0.957 bits per heavy atom. The molecular formula is C19H18N2O2. The van der Waals surface area contributed by atoms with Crippen LogP contribution in [0.3, 0.4) is 0 Å². The second-order valence-corrected chi connectivity index (χ2v) is 6.43. The number of carbonyl (C=O) groups excluding carboxylic acids is 2. The minimum absolute atomic E-state index is 0.0383. The fraction of sp³-hybridized carbons (Fsp3) is 0.263. The molecule has 0 saturated carbocycles. The van der Waals surface area contributed by atoms with Gasteiger partial charge in [0.15, 0.2) is 0 Å². The average Bonchev–Trinajstić information content (AvgIpc) is 2.96. The fourth-order valence-electron chi connectivity index (χ4n) is 3.46. The molecule has 1 N–H and O–H groups in total. The van der Waals surface area contributed by atoms with E-state index in [0.717, 1.165) is 17.5 Å². The van der Waals surface area contributed by atoms with Crippen LogP contribution >= 0.6 is 0 Å². The Morgan fingerprint density at radius 2 is 1.61 bits per heavy atom. The van der Waals surface area contributed by atoms with Gasteiger partial charge in [0, 0.05) is 25.1 Å². The largest absolute Gasteiger partial charge is 0.347 e. The van der Waals surface area contributed by atoms with E-state index in [1.807, 2.05) is 47.4 Å². The van der Waals surface area contributed by atoms with E-state index < -0.39 is 0 Å². The first-order valence-corrected chi connectivity index (χ1v) is 7.91. The summed E-state index contributed by atoms with van der Waals surface area (Å²) in [5.74, 6) is 0.140. The quantitative estimate of drug-likeness (QED) is 0.926. The lowest BCUT2D eigenvalue weighted by Gasteiger charge is -2.47. The van der Waals surface area contributed by atoms with Crippen molar-refractivity contribution in [2.45, 2.75) is 18.4 Å². The molecule has 2 aromatic rings. The van der Waals surface area contributed by atoms with Crippen molar-refractivity contribution in [1.82, 2.24) is 10.2 Å². The maximum absolute atomic E-state index is 12.5. The second-order valence-electron chi connectivity index (χ2n) is 6.43. The van der Waals surface area contributed by atoms with Crippen LogP contribution in [0.4, 0.5) is 0 Å². The predicted octanol–water partition coefficient (Wildman–Crippen LogP) is 2.46. The Hall–Kier alpha value is -2.62. The van der Waals surface area contributed by atoms with Crippen LogP contribution in [-0.2, 0) is 4.79 Å². The molecular weight excluding hydrogens is 288 g/mol. The summed E-state index contributed by atoms with van der Waals surface area (Å²) in [5, 5.41) is 3.00. The lowest BCUT2D eigenvalue weighted by Crippen LogP contribution is -2.68. The molecule has 4 heteroatoms. The SMILES string of the molecule is O=C1CCC2(CN(C(=O)c3ccc(-c4ccccc4)cc3)C2)N1. The number of nitrogens with one attached hydrogen (secondary N) is 1. The summed E-state index contributed by atoms with van der Waals surface area (Å²) in [6, 6.07) is 17.8. The molecule has 1 spiro atoms. The molecule has 2 fully saturated rings. The van der Waals surface area contributed by atoms with Gasteiger partial charge in [-0.25, -0.2) is 0 Å². The van der Waals surface area contributed by atoms with Gasteiger partial charge in [-0.2, -0.15) is 0 Å². The number of hydrogen-bond acceptors (Lipinski definition) is 2. The lowest BCUT2D eigenvalue weighted by atomic mass is 9.87. The van der Waals surface area contributed by atoms with Crippen LogP contribution in [0, 0.1) is 0 Å². The van der Waals surface area contributed by atoms with E-state index in [1.165, 1.54) is 0 Å². The van der Waals surface area contributed by atoms with E-state index in [4.69, 9.17) is 0 Å². The molecule has 0 radical (unpaired) electrons. The highest BCUT2D eigenvalue weighted by Gasteiger charge is 2.49. The molecule has 0 aromatic heterocycles. The summed E-state index contributed by atoms with van der Waals surface area (Å²) in [6.45, 7) is 1.25. The van der Waals surface area contributed by atoms with Gasteiger partial charge in [0.1, 0.15) is 0 Å². The minimum Gasteiger partial charge on any atom is -0.347 e. The van der Waals surface area contributed by atoms with Crippen molar-refractivity contribution in [1.29, 1.82) is 0 Å². The molecule has 0 aliphatic carbocycles. The molecule has 116 valence electrons. The molecule has 2 aliphatic heterocycles. The Bertz CT molecular complexity index is 747. The molecule has 0 unspecified atom stereocenters. The van der Waals surface area contributed by atoms with Crippen LogP contribution < -0.4 is 5.32 Å². The van der Waals surface area contributed by atoms with Crippen LogP contribution in [0.15, 0.2) is 54.6 Å². The number of carbonyl (C=O) groups is 2. The highest BCUT2D eigenvalue weighted by molar-refractivity contribution is 5.96. The van der Waals surface area contributed by atoms with E-state index in [1.54, 1.807) is 0 Å². The fourth-order valence-corrected chi connectivity index (χ4v) is 3.46. The van der Waals surface area contributed by atoms with Gasteiger partial charge in [-0.1, -0.05) is 42.5 Å². The first-order valence-electron chi connectivity index (χ1n) is 7.91. The summed E-state index contributed by atoms with van der Waals surface area (Å²) in [6.07, 6.45) is 1.41. The Kier molecular flexibility index (Phi) is 3.18. The maximum Gasteiger partial charge on any atom is 0.254 e. The van der Waals surface area contributed by atoms with Gasteiger partial charge < -0.3 is 10.2 Å². The molecule has 4 nitrogen and oxygen atoms in total. The molecule has 4 rings (SSSR count). The number of hydrogen-bond donors (Lipinski definition) is 1. The summed E-state index contributed by atoms with van der Waals surface area (Å²) in [5.41, 5.74) is 2.79. The minimum atomic E-state index is -0.156. The van der Waals surface area contributed by atoms with Gasteiger partial charge in [-0.05, 0) is 29.7 Å². The Balaban J connectivity index is 1.45. The highest BCUT2D eigenvalue weighted by Crippen LogP contribution is 2.31. The van der Waals surface area contributed by atoms with Gasteiger partial charge >= 0.3 is 0 Å². The molecule has 0 bridgehead atoms. The zero-order valence-electron chi connectivity index (χ0n) is 12.8. The summed E-state index contributed by atoms with van der Waals surface area (Å²) in [7, 11) is 0. The first-order chi connectivity index (χ1) is 11.2. The molecule has 23 heavy (non-hydrogen) atoms. The van der Waals surface area contributed by atoms with Gasteiger partial charge in [-0.15, -0.1) is 0 Å². The Labute approximate surface area is 135 Å². The average molecular weight is 306 g/mol. The summed E-state index contributed by atoms with van der Waals surface area (Å²) < 4.78 is 0. The van der Waals surface area contributed by atoms with E-state index in [2.05, 4.69) is 17.4 Å². The summed E-state index contributed by atoms with van der Waals surface area (Å²) >= 11 is 0. The van der Waals surface area contributed by atoms with Crippen molar-refractivity contribution in [3.05, 3.63) is 60.2 Å². The molecule has 2 aromatic carbocycles. The number of amides is 2. The van der Waals surface area contributed by atoms with E-state index in [9.17, 15) is 9.59 Å². The monoisotopic (exact) mass is 306 g/mol. The van der Waals surface area contributed by atoms with Crippen LogP contribution in [0.5, 0.6) is 0 Å². The third-order valence-electron chi connectivity index (χ3n) is 4.75. The lowest BCUT2D eigenvalue weighted by molar-refractivity contribution is -0.120. The molecule has 0 atom stereocenters. The number of nitrogens with zero attached hydrogens (tertiary/aromatic N) is 1. The molecule has 2 amide bonds. The summed E-state index contributed by atoms with van der Waals surface area (Å²) in [4.78, 5) is 25.7. The normalized spacial score (nSPS) is 18.6. The first kappa shape index (κ1) is 14.0. The van der Waals surface area contributed by atoms with Crippen molar-refractivity contribution in [3.63, 3.8) is 0 Å². The van der Waals surface area contributed by atoms with E-state index in [-0.39, 0.29) is 17.4 Å². The number of benzene rings is 2. The van der Waals surface area contributed by atoms with Crippen molar-refractivity contribution >= 4 is 11.8 Å². The van der Waals surface area contributed by atoms with Crippen molar-refractivity contribution in [2.24, 2.45) is 0 Å². The predicted molar refractivity (Wildman–Crippen MR) is 87.9 cm³/mol. The molecule has 2 saturated heterocycles. The van der Waals surface area contributed by atoms with E-state index >= 15 is 0 Å². The van der Waals surface area contributed by atoms with Gasteiger partial charge in [-0.3, -0.25) is 9.59 Å². The third kappa shape index (κ3) is 2.50. The van der Waals surface area contributed by atoms with Crippen molar-refractivity contribution < 1.29 is 9.59 Å². The second kappa shape index (κ2) is 5.23. The number of likely N-dealkylation sites (tertiary alicyclic amines) is 1. The van der Waals surface area contributed by atoms with Gasteiger partial charge in [0.25, 0.3) is 5.91 Å². The van der Waals surface area contributed by atoms with Gasteiger partial charge in [0.2, 0.25) is 5.91 Å². The zero-order chi connectivity index (χ0) is 15.9. The van der Waals surface area contributed by atoms with Crippen LogP contribution in [0.2, 0.25) is 0 Å². The molecule has 2 heterocycles. The standard InChI is InChI=1S/C19H18N2O2/c22-17-10-11-19(20-17)12-21(13-19)18(23)16-8-6-15(7-9-16)14-4-2-1-3-5-14/h1-9H,10-13H2,(H,20,22). The Morgan fingerprint density at radius 3 is 2.22 bits per heavy atom. The topological polar surface area (TPSA) is 49.4 Å². The smallest absolute Gasteiger partial charge is 0.254 e.